The lowest BCUT2D eigenvalue weighted by Gasteiger charge is -2.33. The van der Waals surface area contributed by atoms with Crippen LogP contribution in [0, 0.1) is 0 Å². The first-order valence-corrected chi connectivity index (χ1v) is 48.5. The Labute approximate surface area is 724 Å². The van der Waals surface area contributed by atoms with Crippen molar-refractivity contribution < 1.29 is 56.8 Å². The van der Waals surface area contributed by atoms with Crippen LogP contribution in [0.4, 0.5) is 45.5 Å². The van der Waals surface area contributed by atoms with Crippen LogP contribution >= 0.6 is 0 Å². The lowest BCUT2D eigenvalue weighted by atomic mass is 10.2. The van der Waals surface area contributed by atoms with Gasteiger partial charge in [0.15, 0.2) is 0 Å². The Bertz CT molecular complexity index is 3470. The molecule has 0 spiro atoms. The van der Waals surface area contributed by atoms with E-state index in [1.165, 1.54) is 24.2 Å². The molecule has 0 atom stereocenters. The van der Waals surface area contributed by atoms with Gasteiger partial charge in [-0.05, 0) is 323 Å². The highest BCUT2D eigenvalue weighted by Crippen LogP contribution is 2.34. The molecule has 0 aliphatic rings. The Balaban J connectivity index is 0.756. The number of unbranched alkanes of at least 4 members (excludes halogenated alkanes) is 16. The first kappa shape index (κ1) is 97.1. The molecular formula is C100H140N8O12Si. The van der Waals surface area contributed by atoms with Crippen LogP contribution in [0.15, 0.2) is 235 Å². The smallest absolute Gasteiger partial charge is 0.119 e. The van der Waals surface area contributed by atoms with E-state index >= 15 is 0 Å². The minimum absolute atomic E-state index is 0.674. The average molecular weight is 1670 g/mol. The molecule has 0 saturated carbocycles. The molecule has 0 amide bonds. The van der Waals surface area contributed by atoms with E-state index in [-0.39, 0.29) is 0 Å². The monoisotopic (exact) mass is 1670 g/mol. The summed E-state index contributed by atoms with van der Waals surface area (Å²) in [5.41, 5.74) is 6.25. The van der Waals surface area contributed by atoms with Crippen LogP contribution in [0.25, 0.3) is 0 Å². The molecule has 0 aliphatic heterocycles. The molecule has 0 fully saturated rings. The lowest BCUT2D eigenvalue weighted by Crippen LogP contribution is -2.35. The van der Waals surface area contributed by atoms with Crippen molar-refractivity contribution in [3.8, 4) is 46.0 Å². The van der Waals surface area contributed by atoms with Crippen molar-refractivity contribution in [2.75, 3.05) is 106 Å². The van der Waals surface area contributed by atoms with Crippen LogP contribution in [-0.2, 0) is 18.9 Å². The van der Waals surface area contributed by atoms with E-state index in [1.54, 1.807) is 0 Å². The van der Waals surface area contributed by atoms with Gasteiger partial charge in [0.1, 0.15) is 46.0 Å². The summed E-state index contributed by atoms with van der Waals surface area (Å²) in [6, 6.07) is 67.2. The van der Waals surface area contributed by atoms with E-state index in [9.17, 15) is 0 Å². The molecule has 0 saturated heterocycles. The molecule has 8 aromatic carbocycles. The molecule has 0 bridgehead atoms. The molecule has 0 heterocycles. The fourth-order valence-corrected chi connectivity index (χ4v) is 18.5. The summed E-state index contributed by atoms with van der Waals surface area (Å²) >= 11 is 0. The largest absolute Gasteiger partial charge is 0.494 e. The van der Waals surface area contributed by atoms with Crippen LogP contribution in [0.3, 0.4) is 0 Å². The highest BCUT2D eigenvalue weighted by atomic mass is 28.3. The summed E-state index contributed by atoms with van der Waals surface area (Å²) < 4.78 is 73.3. The van der Waals surface area contributed by atoms with Gasteiger partial charge in [0.2, 0.25) is 0 Å². The van der Waals surface area contributed by atoms with Gasteiger partial charge in [0.25, 0.3) is 0 Å². The molecule has 0 aliphatic carbocycles. The topological polar surface area (TPSA) is 210 Å². The predicted octanol–water partition coefficient (Wildman–Crippen LogP) is 30.0. The number of benzene rings is 8. The third-order valence-electron chi connectivity index (χ3n) is 20.7. The molecule has 0 unspecified atom stereocenters. The fourth-order valence-electron chi connectivity index (χ4n) is 13.4. The first-order chi connectivity index (χ1) is 59.8. The Morgan fingerprint density at radius 2 is 0.289 bits per heavy atom. The summed E-state index contributed by atoms with van der Waals surface area (Å²) in [5.74, 6) is 6.77. The standard InChI is InChI=1S/C100H140N8O12Si/c1-5-9-73-113-93-49-33-85(34-50-93)101-105-89-41-57-97(58-42-89)117-77-25-17-13-21-65-109-69-29-81-121(82-30-70-110-66-22-14-18-26-78-118-98-59-43-90(44-60-98)106-102-86-35-51-94(52-36-86)114-74-10-6-2,83-31-71-111-67-23-15-19-27-79-119-99-61-45-91(46-62-99)107-103-87-37-53-95(54-38-87)115-75-11-7-3)84-32-72-112-68-24-16-20-28-80-120-100-63-47-92(48-64-100)108-104-88-39-55-96(56-40-88)116-76-12-8-4/h33-64H,5-32,65-84H2,1-4H3. The van der Waals surface area contributed by atoms with E-state index < -0.39 is 8.07 Å². The maximum atomic E-state index is 6.42. The number of nitrogens with zero attached hydrogens (tertiary/aromatic N) is 8. The third kappa shape index (κ3) is 44.8. The highest BCUT2D eigenvalue weighted by molar-refractivity contribution is 6.79. The van der Waals surface area contributed by atoms with Crippen LogP contribution in [0.1, 0.15) is 207 Å². The zero-order valence-electron chi connectivity index (χ0n) is 73.4. The van der Waals surface area contributed by atoms with Crippen molar-refractivity contribution in [1.29, 1.82) is 0 Å². The maximum Gasteiger partial charge on any atom is 0.119 e. The number of hydrogen-bond donors (Lipinski definition) is 0. The summed E-state index contributed by atoms with van der Waals surface area (Å²) in [6.07, 6.45) is 29.9. The molecule has 0 radical (unpaired) electrons. The van der Waals surface area contributed by atoms with E-state index in [1.807, 2.05) is 194 Å². The minimum Gasteiger partial charge on any atom is -0.494 e. The number of ether oxygens (including phenoxy) is 12. The van der Waals surface area contributed by atoms with E-state index in [0.29, 0.717) is 26.4 Å². The van der Waals surface area contributed by atoms with Gasteiger partial charge in [-0.2, -0.15) is 40.9 Å². The quantitative estimate of drug-likeness (QED) is 0.0198. The van der Waals surface area contributed by atoms with Crippen LogP contribution in [0.5, 0.6) is 46.0 Å². The van der Waals surface area contributed by atoms with E-state index in [0.717, 1.165) is 351 Å². The Hall–Kier alpha value is -9.38. The molecule has 0 N–H and O–H groups in total. The first-order valence-electron chi connectivity index (χ1n) is 45.7. The Morgan fingerprint density at radius 1 is 0.157 bits per heavy atom. The summed E-state index contributed by atoms with van der Waals surface area (Å²) in [7, 11) is -1.81. The molecule has 21 heteroatoms. The predicted molar refractivity (Wildman–Crippen MR) is 492 cm³/mol. The number of hydrogen-bond acceptors (Lipinski definition) is 20. The second kappa shape index (κ2) is 63.6. The van der Waals surface area contributed by atoms with Crippen LogP contribution in [-0.4, -0.2) is 114 Å². The lowest BCUT2D eigenvalue weighted by molar-refractivity contribution is 0.126. The Morgan fingerprint density at radius 3 is 0.438 bits per heavy atom. The van der Waals surface area contributed by atoms with Gasteiger partial charge < -0.3 is 56.8 Å². The fraction of sp³-hybridized carbons (Fsp3) is 0.520. The molecule has 656 valence electrons. The molecule has 0 aromatic heterocycles. The van der Waals surface area contributed by atoms with Gasteiger partial charge in [-0.3, -0.25) is 0 Å². The van der Waals surface area contributed by atoms with Crippen LogP contribution < -0.4 is 37.9 Å². The number of azo groups is 4. The van der Waals surface area contributed by atoms with Crippen molar-refractivity contribution in [3.63, 3.8) is 0 Å². The molecular weight excluding hydrogens is 1530 g/mol. The molecule has 20 nitrogen and oxygen atoms in total. The normalized spacial score (nSPS) is 12.1. The van der Waals surface area contributed by atoms with Crippen molar-refractivity contribution in [2.24, 2.45) is 40.9 Å². The van der Waals surface area contributed by atoms with Gasteiger partial charge in [0.05, 0.1) is 106 Å². The van der Waals surface area contributed by atoms with E-state index in [2.05, 4.69) is 68.6 Å². The van der Waals surface area contributed by atoms with Crippen molar-refractivity contribution in [3.05, 3.63) is 194 Å². The summed E-state index contributed by atoms with van der Waals surface area (Å²) in [4.78, 5) is 0. The van der Waals surface area contributed by atoms with Gasteiger partial charge >= 0.3 is 0 Å². The summed E-state index contributed by atoms with van der Waals surface area (Å²) in [5, 5.41) is 35.3. The SMILES string of the molecule is CCCCOc1ccc(N=Nc2ccc(OCCCCCCOCCC[Si](CCCOCCCCCCOc3ccc(N=Nc4ccc(OCCCC)cc4)cc3)(CCCOCCCCCCOc3ccc(N=Nc4ccc(OCCCC)cc4)cc3)CCCOCCCCCCOc3ccc(N=Nc4ccc(OCCCC)cc4)cc3)cc2)cc1. The zero-order valence-corrected chi connectivity index (χ0v) is 74.4. The van der Waals surface area contributed by atoms with Crippen molar-refractivity contribution in [2.45, 2.75) is 232 Å². The third-order valence-corrected chi connectivity index (χ3v) is 26.3. The van der Waals surface area contributed by atoms with Gasteiger partial charge in [-0.25, -0.2) is 0 Å². The van der Waals surface area contributed by atoms with E-state index in [4.69, 9.17) is 56.8 Å². The average Bonchev–Trinajstić information content (AvgIpc) is 0.851. The molecule has 8 aromatic rings. The minimum atomic E-state index is -1.81. The highest BCUT2D eigenvalue weighted by Gasteiger charge is 2.31. The van der Waals surface area contributed by atoms with Gasteiger partial charge in [-0.1, -0.05) is 103 Å². The molecule has 8 rings (SSSR count). The van der Waals surface area contributed by atoms with Gasteiger partial charge in [-0.15, -0.1) is 0 Å². The molecule has 121 heavy (non-hydrogen) atoms. The second-order valence-electron chi connectivity index (χ2n) is 31.0. The van der Waals surface area contributed by atoms with Crippen molar-refractivity contribution in [1.82, 2.24) is 0 Å². The maximum absolute atomic E-state index is 6.42. The zero-order chi connectivity index (χ0) is 84.4. The van der Waals surface area contributed by atoms with Crippen molar-refractivity contribution >= 4 is 53.6 Å². The summed E-state index contributed by atoms with van der Waals surface area (Å²) in [6.45, 7) is 20.5. The Kier molecular flexibility index (Phi) is 51.0. The van der Waals surface area contributed by atoms with Gasteiger partial charge in [0, 0.05) is 52.9 Å². The van der Waals surface area contributed by atoms with Crippen LogP contribution in [0.2, 0.25) is 24.2 Å². The number of rotatable bonds is 72. The second-order valence-corrected chi connectivity index (χ2v) is 36.0.